The number of amides is 1. The molecule has 2 atom stereocenters. The van der Waals surface area contributed by atoms with Crippen LogP contribution in [0.25, 0.3) is 0 Å². The summed E-state index contributed by atoms with van der Waals surface area (Å²) in [4.78, 5) is 16.0. The predicted molar refractivity (Wildman–Crippen MR) is 79.9 cm³/mol. The Kier molecular flexibility index (Phi) is 8.92. The van der Waals surface area contributed by atoms with Gasteiger partial charge >= 0.3 is 0 Å². The molecule has 7 heteroatoms. The summed E-state index contributed by atoms with van der Waals surface area (Å²) in [6.45, 7) is 4.83. The Morgan fingerprint density at radius 2 is 2.26 bits per heavy atom. The van der Waals surface area contributed by atoms with E-state index >= 15 is 0 Å². The number of rotatable bonds is 7. The first-order chi connectivity index (χ1) is 8.52. The van der Waals surface area contributed by atoms with Crippen molar-refractivity contribution in [1.82, 2.24) is 10.3 Å². The number of nitrogens with zero attached hydrogens (tertiary/aromatic N) is 1. The number of hydrogen-bond acceptors (Lipinski definition) is 5. The molecule has 0 aliphatic rings. The Morgan fingerprint density at radius 3 is 2.84 bits per heavy atom. The summed E-state index contributed by atoms with van der Waals surface area (Å²) in [5, 5.41) is 14.7. The van der Waals surface area contributed by atoms with E-state index in [9.17, 15) is 9.90 Å². The summed E-state index contributed by atoms with van der Waals surface area (Å²) in [6.07, 6.45) is 1.04. The average Bonchev–Trinajstić information content (AvgIpc) is 2.74. The molecule has 1 aromatic rings. The van der Waals surface area contributed by atoms with Crippen LogP contribution in [0.5, 0.6) is 0 Å². The average molecular weight is 308 g/mol. The van der Waals surface area contributed by atoms with Gasteiger partial charge in [0.25, 0.3) is 5.91 Å². The molecule has 0 aromatic carbocycles. The summed E-state index contributed by atoms with van der Waals surface area (Å²) < 4.78 is 0. The molecular formula is C12H22ClN3O2S. The van der Waals surface area contributed by atoms with Crippen LogP contribution >= 0.6 is 23.7 Å². The van der Waals surface area contributed by atoms with Crippen LogP contribution in [0.2, 0.25) is 0 Å². The molecule has 4 N–H and O–H groups in total. The zero-order valence-electron chi connectivity index (χ0n) is 11.3. The highest BCUT2D eigenvalue weighted by Gasteiger charge is 2.12. The Hall–Kier alpha value is -0.690. The van der Waals surface area contributed by atoms with Gasteiger partial charge in [0.1, 0.15) is 5.69 Å². The first-order valence-electron chi connectivity index (χ1n) is 6.13. The van der Waals surface area contributed by atoms with E-state index < -0.39 is 0 Å². The van der Waals surface area contributed by atoms with Gasteiger partial charge in [-0.05, 0) is 25.8 Å². The van der Waals surface area contributed by atoms with Gasteiger partial charge < -0.3 is 16.2 Å². The van der Waals surface area contributed by atoms with Crippen LogP contribution in [0.15, 0.2) is 5.38 Å². The molecule has 0 fully saturated rings. The topological polar surface area (TPSA) is 88.2 Å². The minimum absolute atomic E-state index is 0. The fourth-order valence-electron chi connectivity index (χ4n) is 1.68. The SMILES string of the molecule is CC(O)CC(C)CNC(=O)c1csc(CCN)n1.Cl. The van der Waals surface area contributed by atoms with Gasteiger partial charge in [-0.15, -0.1) is 23.7 Å². The van der Waals surface area contributed by atoms with Crippen LogP contribution in [0.3, 0.4) is 0 Å². The highest BCUT2D eigenvalue weighted by molar-refractivity contribution is 7.09. The highest BCUT2D eigenvalue weighted by Crippen LogP contribution is 2.10. The maximum Gasteiger partial charge on any atom is 0.270 e. The Labute approximate surface area is 124 Å². The third-order valence-corrected chi connectivity index (χ3v) is 3.41. The smallest absolute Gasteiger partial charge is 0.270 e. The lowest BCUT2D eigenvalue weighted by molar-refractivity contribution is 0.0935. The van der Waals surface area contributed by atoms with E-state index in [-0.39, 0.29) is 30.3 Å². The summed E-state index contributed by atoms with van der Waals surface area (Å²) >= 11 is 1.46. The van der Waals surface area contributed by atoms with Gasteiger partial charge in [0.15, 0.2) is 0 Å². The second kappa shape index (κ2) is 9.25. The molecule has 0 aliphatic heterocycles. The van der Waals surface area contributed by atoms with Crippen molar-refractivity contribution in [1.29, 1.82) is 0 Å². The molecule has 1 rings (SSSR count). The maximum absolute atomic E-state index is 11.8. The molecule has 0 bridgehead atoms. The third-order valence-electron chi connectivity index (χ3n) is 2.50. The number of aliphatic hydroxyl groups excluding tert-OH is 1. The van der Waals surface area contributed by atoms with Crippen LogP contribution < -0.4 is 11.1 Å². The predicted octanol–water partition coefficient (Wildman–Crippen LogP) is 1.20. The minimum Gasteiger partial charge on any atom is -0.393 e. The monoisotopic (exact) mass is 307 g/mol. The van der Waals surface area contributed by atoms with Crippen LogP contribution in [0.1, 0.15) is 35.8 Å². The van der Waals surface area contributed by atoms with Crippen molar-refractivity contribution >= 4 is 29.7 Å². The zero-order chi connectivity index (χ0) is 13.5. The first-order valence-corrected chi connectivity index (χ1v) is 7.01. The molecule has 1 aromatic heterocycles. The number of carbonyl (C=O) groups excluding carboxylic acids is 1. The summed E-state index contributed by atoms with van der Waals surface area (Å²) in [5.74, 6) is 0.0862. The van der Waals surface area contributed by atoms with E-state index in [4.69, 9.17) is 5.73 Å². The van der Waals surface area contributed by atoms with Crippen LogP contribution in [0, 0.1) is 5.92 Å². The molecule has 0 spiro atoms. The van der Waals surface area contributed by atoms with Crippen molar-refractivity contribution in [2.45, 2.75) is 32.8 Å². The lowest BCUT2D eigenvalue weighted by atomic mass is 10.0. The Bertz CT molecular complexity index is 385. The number of nitrogens with two attached hydrogens (primary N) is 1. The highest BCUT2D eigenvalue weighted by atomic mass is 35.5. The number of aromatic nitrogens is 1. The minimum atomic E-state index is -0.340. The molecule has 0 aliphatic carbocycles. The molecule has 0 saturated carbocycles. The van der Waals surface area contributed by atoms with Gasteiger partial charge in [-0.3, -0.25) is 4.79 Å². The van der Waals surface area contributed by atoms with Crippen LogP contribution in [-0.2, 0) is 6.42 Å². The van der Waals surface area contributed by atoms with Gasteiger partial charge in [0.05, 0.1) is 11.1 Å². The molecule has 0 saturated heterocycles. The fraction of sp³-hybridized carbons (Fsp3) is 0.667. The summed E-state index contributed by atoms with van der Waals surface area (Å²) in [5.41, 5.74) is 5.88. The van der Waals surface area contributed by atoms with Crippen LogP contribution in [0.4, 0.5) is 0 Å². The van der Waals surface area contributed by atoms with Crippen molar-refractivity contribution in [2.75, 3.05) is 13.1 Å². The molecule has 19 heavy (non-hydrogen) atoms. The Morgan fingerprint density at radius 1 is 1.58 bits per heavy atom. The van der Waals surface area contributed by atoms with Crippen molar-refractivity contribution in [3.05, 3.63) is 16.1 Å². The van der Waals surface area contributed by atoms with Gasteiger partial charge in [0, 0.05) is 18.3 Å². The van der Waals surface area contributed by atoms with Gasteiger partial charge in [0.2, 0.25) is 0 Å². The lowest BCUT2D eigenvalue weighted by Gasteiger charge is -2.13. The number of thiazole rings is 1. The van der Waals surface area contributed by atoms with E-state index in [1.807, 2.05) is 6.92 Å². The summed E-state index contributed by atoms with van der Waals surface area (Å²) in [6, 6.07) is 0. The standard InChI is InChI=1S/C12H21N3O2S.ClH/c1-8(5-9(2)16)6-14-12(17)10-7-18-11(15-10)3-4-13;/h7-9,16H,3-6,13H2,1-2H3,(H,14,17);1H. The Balaban J connectivity index is 0.00000324. The quantitative estimate of drug-likeness (QED) is 0.706. The van der Waals surface area contributed by atoms with E-state index in [2.05, 4.69) is 10.3 Å². The van der Waals surface area contributed by atoms with Crippen LogP contribution in [-0.4, -0.2) is 35.2 Å². The van der Waals surface area contributed by atoms with Crippen molar-refractivity contribution in [2.24, 2.45) is 11.7 Å². The molecular weight excluding hydrogens is 286 g/mol. The number of aliphatic hydroxyl groups is 1. The largest absolute Gasteiger partial charge is 0.393 e. The zero-order valence-corrected chi connectivity index (χ0v) is 12.9. The van der Waals surface area contributed by atoms with E-state index in [1.165, 1.54) is 11.3 Å². The molecule has 1 amide bonds. The van der Waals surface area contributed by atoms with Crippen molar-refractivity contribution in [3.8, 4) is 0 Å². The second-order valence-corrected chi connectivity index (χ2v) is 5.51. The molecule has 2 unspecified atom stereocenters. The summed E-state index contributed by atoms with van der Waals surface area (Å²) in [7, 11) is 0. The normalized spacial score (nSPS) is 13.5. The van der Waals surface area contributed by atoms with Crippen molar-refractivity contribution in [3.63, 3.8) is 0 Å². The molecule has 1 heterocycles. The number of halogens is 1. The lowest BCUT2D eigenvalue weighted by Crippen LogP contribution is -2.29. The number of hydrogen-bond donors (Lipinski definition) is 3. The molecule has 110 valence electrons. The van der Waals surface area contributed by atoms with Gasteiger partial charge in [-0.25, -0.2) is 4.98 Å². The fourth-order valence-corrected chi connectivity index (χ4v) is 2.47. The second-order valence-electron chi connectivity index (χ2n) is 4.57. The maximum atomic E-state index is 11.8. The van der Waals surface area contributed by atoms with E-state index in [0.717, 1.165) is 5.01 Å². The number of nitrogens with one attached hydrogen (secondary N) is 1. The molecule has 0 radical (unpaired) electrons. The molecule has 5 nitrogen and oxygen atoms in total. The first kappa shape index (κ1) is 18.3. The van der Waals surface area contributed by atoms with E-state index in [1.54, 1.807) is 12.3 Å². The number of carbonyl (C=O) groups is 1. The van der Waals surface area contributed by atoms with Gasteiger partial charge in [-0.1, -0.05) is 6.92 Å². The third kappa shape index (κ3) is 6.87. The van der Waals surface area contributed by atoms with E-state index in [0.29, 0.717) is 31.6 Å². The van der Waals surface area contributed by atoms with Gasteiger partial charge in [-0.2, -0.15) is 0 Å². The van der Waals surface area contributed by atoms with Crippen molar-refractivity contribution < 1.29 is 9.90 Å².